The molecule has 3 heterocycles. The molecule has 35 heavy (non-hydrogen) atoms. The lowest BCUT2D eigenvalue weighted by Gasteiger charge is -2.32. The monoisotopic (exact) mass is 498 g/mol. The molecule has 10 heteroatoms. The van der Waals surface area contributed by atoms with E-state index in [4.69, 9.17) is 13.7 Å². The van der Waals surface area contributed by atoms with Gasteiger partial charge in [0.25, 0.3) is 0 Å². The Balaban J connectivity index is 2.02. The zero-order valence-electron chi connectivity index (χ0n) is 21.4. The van der Waals surface area contributed by atoms with Crippen molar-refractivity contribution in [2.24, 2.45) is 0 Å². The van der Waals surface area contributed by atoms with Crippen molar-refractivity contribution in [3.63, 3.8) is 0 Å². The molecule has 0 aliphatic carbocycles. The number of fused-ring (bicyclic) bond motifs is 1. The van der Waals surface area contributed by atoms with Crippen LogP contribution in [0.1, 0.15) is 57.1 Å². The van der Waals surface area contributed by atoms with Gasteiger partial charge in [0.05, 0.1) is 28.7 Å². The van der Waals surface area contributed by atoms with Crippen molar-refractivity contribution in [3.8, 4) is 11.3 Å². The molecule has 1 aromatic carbocycles. The Kier molecular flexibility index (Phi) is 6.14. The molecule has 0 amide bonds. The van der Waals surface area contributed by atoms with Crippen LogP contribution in [-0.4, -0.2) is 50.8 Å². The zero-order chi connectivity index (χ0) is 25.9. The van der Waals surface area contributed by atoms with Crippen molar-refractivity contribution in [1.82, 2.24) is 4.98 Å². The molecular weight excluding hydrogens is 467 g/mol. The summed E-state index contributed by atoms with van der Waals surface area (Å²) in [5.74, 6) is 0.307. The first-order valence-electron chi connectivity index (χ1n) is 11.5. The summed E-state index contributed by atoms with van der Waals surface area (Å²) < 4.78 is 44.9. The Morgan fingerprint density at radius 2 is 1.74 bits per heavy atom. The Hall–Kier alpha value is -2.69. The predicted molar refractivity (Wildman–Crippen MR) is 138 cm³/mol. The molecule has 0 atom stereocenters. The molecule has 3 aromatic rings. The van der Waals surface area contributed by atoms with Crippen molar-refractivity contribution in [2.75, 3.05) is 17.6 Å². The summed E-state index contributed by atoms with van der Waals surface area (Å²) in [5.41, 5.74) is 1.92. The van der Waals surface area contributed by atoms with Crippen LogP contribution in [0.2, 0.25) is 0 Å². The molecule has 2 aromatic heterocycles. The number of sulfonamides is 1. The lowest BCUT2D eigenvalue weighted by atomic mass is 9.76. The second kappa shape index (κ2) is 8.46. The van der Waals surface area contributed by atoms with E-state index in [0.717, 1.165) is 11.9 Å². The van der Waals surface area contributed by atoms with E-state index in [0.29, 0.717) is 39.0 Å². The smallest absolute Gasteiger partial charge is 0.455 e. The number of hydrogen-bond acceptors (Lipinski definition) is 7. The lowest BCUT2D eigenvalue weighted by molar-refractivity contribution is 0.00578. The van der Waals surface area contributed by atoms with Gasteiger partial charge in [-0.3, -0.25) is 14.1 Å². The molecular formula is C25H31BN2O6S. The molecule has 0 spiro atoms. The van der Waals surface area contributed by atoms with E-state index >= 15 is 0 Å². The second-order valence-corrected chi connectivity index (χ2v) is 12.0. The van der Waals surface area contributed by atoms with E-state index in [1.54, 1.807) is 25.3 Å². The molecule has 1 aliphatic heterocycles. The lowest BCUT2D eigenvalue weighted by Crippen LogP contribution is -2.41. The van der Waals surface area contributed by atoms with Gasteiger partial charge in [-0.1, -0.05) is 6.92 Å². The number of ketones is 1. The molecule has 0 unspecified atom stereocenters. The Bertz CT molecular complexity index is 1390. The van der Waals surface area contributed by atoms with Crippen molar-refractivity contribution in [1.29, 1.82) is 0 Å². The highest BCUT2D eigenvalue weighted by molar-refractivity contribution is 7.92. The number of carbonyl (C=O) groups is 1. The standard InChI is InChI=1S/C25H31BN2O6S/c1-9-20(29)22-17-12-18(26-33-24(3,4)25(5,6)34-26)19(28(7)35(8,30)31)13-21(17)32-23(22)16-11-10-15(2)27-14-16/h10-14H,9H2,1-8H3. The molecule has 0 radical (unpaired) electrons. The maximum atomic E-state index is 13.1. The summed E-state index contributed by atoms with van der Waals surface area (Å²) in [4.78, 5) is 17.5. The first-order valence-corrected chi connectivity index (χ1v) is 13.4. The molecule has 0 saturated carbocycles. The minimum absolute atomic E-state index is 0.0941. The first kappa shape index (κ1) is 25.4. The number of carbonyl (C=O) groups excluding carboxylic acids is 1. The largest absolute Gasteiger partial charge is 0.497 e. The maximum absolute atomic E-state index is 13.1. The first-order chi connectivity index (χ1) is 16.2. The number of hydrogen-bond donors (Lipinski definition) is 0. The van der Waals surface area contributed by atoms with Crippen molar-refractivity contribution in [3.05, 3.63) is 41.7 Å². The molecule has 0 N–H and O–H groups in total. The predicted octanol–water partition coefficient (Wildman–Crippen LogP) is 4.09. The molecule has 1 aliphatic rings. The Morgan fingerprint density at radius 1 is 1.11 bits per heavy atom. The third kappa shape index (κ3) is 4.39. The number of aromatic nitrogens is 1. The van der Waals surface area contributed by atoms with Crippen LogP contribution in [0.15, 0.2) is 34.9 Å². The van der Waals surface area contributed by atoms with E-state index in [9.17, 15) is 13.2 Å². The summed E-state index contributed by atoms with van der Waals surface area (Å²) in [5, 5.41) is 0.572. The van der Waals surface area contributed by atoms with E-state index in [2.05, 4.69) is 4.98 Å². The quantitative estimate of drug-likeness (QED) is 0.373. The summed E-state index contributed by atoms with van der Waals surface area (Å²) in [6.45, 7) is 11.4. The minimum atomic E-state index is -3.61. The fourth-order valence-electron chi connectivity index (χ4n) is 4.02. The molecule has 186 valence electrons. The normalized spacial score (nSPS) is 17.2. The van der Waals surface area contributed by atoms with Crippen molar-refractivity contribution >= 4 is 45.0 Å². The van der Waals surface area contributed by atoms with Crippen molar-refractivity contribution < 1.29 is 26.9 Å². The average molecular weight is 498 g/mol. The highest BCUT2D eigenvalue weighted by Gasteiger charge is 2.52. The number of anilines is 1. The maximum Gasteiger partial charge on any atom is 0.497 e. The van der Waals surface area contributed by atoms with Crippen LogP contribution < -0.4 is 9.77 Å². The van der Waals surface area contributed by atoms with Crippen LogP contribution in [0.4, 0.5) is 5.69 Å². The van der Waals surface area contributed by atoms with Crippen molar-refractivity contribution in [2.45, 2.75) is 59.2 Å². The van der Waals surface area contributed by atoms with Gasteiger partial charge in [-0.2, -0.15) is 0 Å². The van der Waals surface area contributed by atoms with Gasteiger partial charge in [-0.05, 0) is 52.8 Å². The minimum Gasteiger partial charge on any atom is -0.455 e. The van der Waals surface area contributed by atoms with E-state index in [-0.39, 0.29) is 12.2 Å². The number of aryl methyl sites for hydroxylation is 1. The van der Waals surface area contributed by atoms with Crippen LogP contribution in [-0.2, 0) is 19.3 Å². The number of rotatable bonds is 6. The molecule has 1 fully saturated rings. The van der Waals surface area contributed by atoms with Crippen LogP contribution in [0.25, 0.3) is 22.3 Å². The fraction of sp³-hybridized carbons (Fsp3) is 0.440. The van der Waals surface area contributed by atoms with Crippen LogP contribution in [0.5, 0.6) is 0 Å². The zero-order valence-corrected chi connectivity index (χ0v) is 22.2. The summed E-state index contributed by atoms with van der Waals surface area (Å²) in [6.07, 6.45) is 3.07. The SMILES string of the molecule is CCC(=O)c1c(-c2ccc(C)nc2)oc2cc(N(C)S(C)(=O)=O)c(B3OC(C)(C)C(C)(C)O3)cc12. The topological polar surface area (TPSA) is 98.9 Å². The molecule has 0 bridgehead atoms. The number of pyridine rings is 1. The number of benzene rings is 1. The number of nitrogens with zero attached hydrogens (tertiary/aromatic N) is 2. The Labute approximate surface area is 206 Å². The van der Waals surface area contributed by atoms with Gasteiger partial charge in [0.1, 0.15) is 11.3 Å². The van der Waals surface area contributed by atoms with Gasteiger partial charge < -0.3 is 13.7 Å². The van der Waals surface area contributed by atoms with Crippen LogP contribution in [0.3, 0.4) is 0 Å². The summed E-state index contributed by atoms with van der Waals surface area (Å²) >= 11 is 0. The number of Topliss-reactive ketones (excluding diaryl/α,β-unsaturated/α-hetero) is 1. The van der Waals surface area contributed by atoms with Gasteiger partial charge >= 0.3 is 7.12 Å². The fourth-order valence-corrected chi connectivity index (χ4v) is 4.53. The van der Waals surface area contributed by atoms with Gasteiger partial charge in [0, 0.05) is 47.8 Å². The Morgan fingerprint density at radius 3 is 2.26 bits per heavy atom. The van der Waals surface area contributed by atoms with Gasteiger partial charge in [0.15, 0.2) is 5.78 Å². The third-order valence-electron chi connectivity index (χ3n) is 6.95. The van der Waals surface area contributed by atoms with Gasteiger partial charge in [-0.15, -0.1) is 0 Å². The molecule has 8 nitrogen and oxygen atoms in total. The van der Waals surface area contributed by atoms with Crippen LogP contribution in [0, 0.1) is 6.92 Å². The van der Waals surface area contributed by atoms with Crippen LogP contribution >= 0.6 is 0 Å². The van der Waals surface area contributed by atoms with E-state index < -0.39 is 28.3 Å². The number of furan rings is 1. The third-order valence-corrected chi connectivity index (χ3v) is 8.15. The van der Waals surface area contributed by atoms with E-state index in [1.807, 2.05) is 46.8 Å². The second-order valence-electron chi connectivity index (χ2n) is 10.00. The van der Waals surface area contributed by atoms with Gasteiger partial charge in [0.2, 0.25) is 10.0 Å². The highest BCUT2D eigenvalue weighted by atomic mass is 32.2. The highest BCUT2D eigenvalue weighted by Crippen LogP contribution is 2.40. The molecule has 1 saturated heterocycles. The molecule has 4 rings (SSSR count). The summed E-state index contributed by atoms with van der Waals surface area (Å²) in [6, 6.07) is 7.09. The van der Waals surface area contributed by atoms with Gasteiger partial charge in [-0.25, -0.2) is 8.42 Å². The average Bonchev–Trinajstić information content (AvgIpc) is 3.24. The van der Waals surface area contributed by atoms with E-state index in [1.165, 1.54) is 11.4 Å². The summed E-state index contributed by atoms with van der Waals surface area (Å²) in [7, 11) is -2.98.